The van der Waals surface area contributed by atoms with E-state index in [0.29, 0.717) is 39.3 Å². The molecule has 1 saturated carbocycles. The highest BCUT2D eigenvalue weighted by Crippen LogP contribution is 2.52. The molecule has 2 aliphatic heterocycles. The largest absolute Gasteiger partial charge is 0.497 e. The van der Waals surface area contributed by atoms with Crippen LogP contribution in [0.1, 0.15) is 52.1 Å². The van der Waals surface area contributed by atoms with Gasteiger partial charge in [-0.25, -0.2) is 0 Å². The van der Waals surface area contributed by atoms with Crippen molar-refractivity contribution in [3.05, 3.63) is 74.9 Å². The van der Waals surface area contributed by atoms with Gasteiger partial charge in [-0.3, -0.25) is 14.5 Å². The number of nitrogens with zero attached hydrogens (tertiary/aromatic N) is 2. The summed E-state index contributed by atoms with van der Waals surface area (Å²) in [4.78, 5) is 31.8. The van der Waals surface area contributed by atoms with E-state index < -0.39 is 11.6 Å². The van der Waals surface area contributed by atoms with E-state index in [0.717, 1.165) is 29.7 Å². The molecular weight excluding hydrogens is 509 g/mol. The predicted octanol–water partition coefficient (Wildman–Crippen LogP) is 6.75. The molecule has 2 aromatic rings. The number of benzene rings is 2. The van der Waals surface area contributed by atoms with Crippen LogP contribution in [0, 0.1) is 5.92 Å². The average Bonchev–Trinajstić information content (AvgIpc) is 3.68. The van der Waals surface area contributed by atoms with Crippen molar-refractivity contribution in [3.8, 4) is 5.75 Å². The lowest BCUT2D eigenvalue weighted by Gasteiger charge is -2.36. The lowest BCUT2D eigenvalue weighted by molar-refractivity contribution is -0.128. The van der Waals surface area contributed by atoms with Gasteiger partial charge in [-0.05, 0) is 70.4 Å². The number of hydrogen-bond donors (Lipinski definition) is 1. The Balaban J connectivity index is 1.78. The van der Waals surface area contributed by atoms with Crippen LogP contribution in [-0.4, -0.2) is 35.9 Å². The molecule has 8 heteroatoms. The standard InChI is InChI=1S/C29H31Cl2N3O3/c1-16(2)12-13-33-28(36)24-25(17-8-10-19(37-5)11-9-17)34(27(35)18-6-7-18)23-15-21(31)20(30)14-22(23)32-26(24)29(33,3)4/h8-12,14-15,18,25,32H,6-7,13H2,1-5H3. The number of rotatable bonds is 5. The Bertz CT molecular complexity index is 1340. The summed E-state index contributed by atoms with van der Waals surface area (Å²) >= 11 is 12.9. The lowest BCUT2D eigenvalue weighted by atomic mass is 9.92. The molecule has 2 heterocycles. The zero-order valence-electron chi connectivity index (χ0n) is 21.7. The van der Waals surface area contributed by atoms with Crippen LogP contribution in [0.25, 0.3) is 0 Å². The molecule has 3 aliphatic rings. The molecule has 0 saturated heterocycles. The molecule has 0 radical (unpaired) electrons. The minimum atomic E-state index is -0.662. The molecule has 194 valence electrons. The Morgan fingerprint density at radius 3 is 2.38 bits per heavy atom. The summed E-state index contributed by atoms with van der Waals surface area (Å²) in [5, 5.41) is 4.25. The molecule has 2 aromatic carbocycles. The molecule has 1 unspecified atom stereocenters. The topological polar surface area (TPSA) is 61.9 Å². The quantitative estimate of drug-likeness (QED) is 0.426. The number of allylic oxidation sites excluding steroid dienone is 1. The molecule has 1 fully saturated rings. The fourth-order valence-corrected chi connectivity index (χ4v) is 5.46. The summed E-state index contributed by atoms with van der Waals surface area (Å²) in [5.74, 6) is 0.480. The third-order valence-corrected chi connectivity index (χ3v) is 8.12. The van der Waals surface area contributed by atoms with Gasteiger partial charge in [0.15, 0.2) is 0 Å². The molecule has 5 rings (SSSR count). The number of hydrogen-bond acceptors (Lipinski definition) is 4. The molecule has 0 bridgehead atoms. The van der Waals surface area contributed by atoms with E-state index in [1.807, 2.05) is 62.9 Å². The van der Waals surface area contributed by atoms with Gasteiger partial charge >= 0.3 is 0 Å². The van der Waals surface area contributed by atoms with Crippen molar-refractivity contribution in [2.24, 2.45) is 5.92 Å². The number of halogens is 2. The highest BCUT2D eigenvalue weighted by Gasteiger charge is 2.52. The van der Waals surface area contributed by atoms with E-state index in [2.05, 4.69) is 5.32 Å². The van der Waals surface area contributed by atoms with Gasteiger partial charge in [0, 0.05) is 12.5 Å². The highest BCUT2D eigenvalue weighted by molar-refractivity contribution is 6.42. The van der Waals surface area contributed by atoms with Crippen LogP contribution in [0.4, 0.5) is 11.4 Å². The molecule has 1 atom stereocenters. The first-order valence-corrected chi connectivity index (χ1v) is 13.2. The first kappa shape index (κ1) is 25.7. The summed E-state index contributed by atoms with van der Waals surface area (Å²) in [6.45, 7) is 8.55. The molecule has 1 N–H and O–H groups in total. The van der Waals surface area contributed by atoms with Crippen LogP contribution in [0.2, 0.25) is 10.0 Å². The number of ether oxygens (including phenoxy) is 1. The maximum Gasteiger partial charge on any atom is 0.255 e. The minimum Gasteiger partial charge on any atom is -0.497 e. The maximum absolute atomic E-state index is 14.3. The van der Waals surface area contributed by atoms with E-state index in [4.69, 9.17) is 27.9 Å². The normalized spacial score (nSPS) is 20.2. The minimum absolute atomic E-state index is 0.0237. The highest BCUT2D eigenvalue weighted by atomic mass is 35.5. The van der Waals surface area contributed by atoms with E-state index in [1.165, 1.54) is 0 Å². The molecule has 37 heavy (non-hydrogen) atoms. The van der Waals surface area contributed by atoms with Gasteiger partial charge in [0.2, 0.25) is 5.91 Å². The number of anilines is 2. The van der Waals surface area contributed by atoms with Crippen LogP contribution in [0.5, 0.6) is 5.75 Å². The second-order valence-corrected chi connectivity index (χ2v) is 11.4. The third-order valence-electron chi connectivity index (χ3n) is 7.40. The predicted molar refractivity (Wildman–Crippen MR) is 148 cm³/mol. The lowest BCUT2D eigenvalue weighted by Crippen LogP contribution is -2.46. The van der Waals surface area contributed by atoms with Crippen LogP contribution in [-0.2, 0) is 9.59 Å². The monoisotopic (exact) mass is 539 g/mol. The van der Waals surface area contributed by atoms with Crippen molar-refractivity contribution in [2.75, 3.05) is 23.9 Å². The van der Waals surface area contributed by atoms with Gasteiger partial charge in [0.05, 0.1) is 51.4 Å². The van der Waals surface area contributed by atoms with E-state index >= 15 is 0 Å². The van der Waals surface area contributed by atoms with Crippen molar-refractivity contribution in [3.63, 3.8) is 0 Å². The van der Waals surface area contributed by atoms with Crippen molar-refractivity contribution in [2.45, 2.75) is 52.1 Å². The third kappa shape index (κ3) is 4.40. The fraction of sp³-hybridized carbons (Fsp3) is 0.379. The van der Waals surface area contributed by atoms with Crippen LogP contribution in [0.3, 0.4) is 0 Å². The van der Waals surface area contributed by atoms with Gasteiger partial charge in [-0.15, -0.1) is 0 Å². The second-order valence-electron chi connectivity index (χ2n) is 10.6. The van der Waals surface area contributed by atoms with Crippen LogP contribution >= 0.6 is 23.2 Å². The number of nitrogens with one attached hydrogen (secondary N) is 1. The van der Waals surface area contributed by atoms with E-state index in [-0.39, 0.29) is 17.7 Å². The summed E-state index contributed by atoms with van der Waals surface area (Å²) in [7, 11) is 1.61. The number of amides is 2. The van der Waals surface area contributed by atoms with Crippen molar-refractivity contribution in [1.29, 1.82) is 0 Å². The smallest absolute Gasteiger partial charge is 0.255 e. The Labute approximate surface area is 227 Å². The molecule has 2 amide bonds. The molecule has 1 aliphatic carbocycles. The van der Waals surface area contributed by atoms with Crippen molar-refractivity contribution >= 4 is 46.4 Å². The van der Waals surface area contributed by atoms with Gasteiger partial charge in [-0.1, -0.05) is 47.0 Å². The van der Waals surface area contributed by atoms with Crippen LogP contribution < -0.4 is 15.0 Å². The van der Waals surface area contributed by atoms with Crippen molar-refractivity contribution in [1.82, 2.24) is 4.90 Å². The second kappa shape index (κ2) is 9.41. The molecule has 6 nitrogen and oxygen atoms in total. The molecule has 0 aromatic heterocycles. The SMILES string of the molecule is COc1ccc(C2C3=C(Nc4cc(Cl)c(Cl)cc4N2C(=O)C2CC2)C(C)(C)N(CC=C(C)C)C3=O)cc1. The Morgan fingerprint density at radius 1 is 1.14 bits per heavy atom. The molecule has 0 spiro atoms. The summed E-state index contributed by atoms with van der Waals surface area (Å²) in [6.07, 6.45) is 3.70. The maximum atomic E-state index is 14.3. The number of methoxy groups -OCH3 is 1. The summed E-state index contributed by atoms with van der Waals surface area (Å²) in [5.41, 5.74) is 3.85. The average molecular weight is 540 g/mol. The van der Waals surface area contributed by atoms with E-state index in [9.17, 15) is 9.59 Å². The van der Waals surface area contributed by atoms with Crippen LogP contribution in [0.15, 0.2) is 59.3 Å². The zero-order valence-corrected chi connectivity index (χ0v) is 23.2. The first-order chi connectivity index (χ1) is 17.5. The van der Waals surface area contributed by atoms with Gasteiger partial charge < -0.3 is 15.0 Å². The van der Waals surface area contributed by atoms with Gasteiger partial charge in [0.1, 0.15) is 5.75 Å². The summed E-state index contributed by atoms with van der Waals surface area (Å²) in [6, 6.07) is 10.4. The number of fused-ring (bicyclic) bond motifs is 1. The van der Waals surface area contributed by atoms with Gasteiger partial charge in [-0.2, -0.15) is 0 Å². The number of carbonyl (C=O) groups is 2. The Hall–Kier alpha value is -2.96. The Kier molecular flexibility index (Phi) is 6.53. The van der Waals surface area contributed by atoms with E-state index in [1.54, 1.807) is 24.1 Å². The Morgan fingerprint density at radius 2 is 1.78 bits per heavy atom. The zero-order chi connectivity index (χ0) is 26.6. The number of carbonyl (C=O) groups excluding carboxylic acids is 2. The molecular formula is C29H31Cl2N3O3. The fourth-order valence-electron chi connectivity index (χ4n) is 5.14. The first-order valence-electron chi connectivity index (χ1n) is 12.5. The summed E-state index contributed by atoms with van der Waals surface area (Å²) < 4.78 is 5.38. The van der Waals surface area contributed by atoms with Crippen molar-refractivity contribution < 1.29 is 14.3 Å². The van der Waals surface area contributed by atoms with Gasteiger partial charge in [0.25, 0.3) is 5.91 Å².